The van der Waals surface area contributed by atoms with E-state index in [1.807, 2.05) is 0 Å². The van der Waals surface area contributed by atoms with Crippen molar-refractivity contribution in [3.05, 3.63) is 35.4 Å². The number of nitrogens with two attached hydrogens (primary N) is 2. The molecule has 0 fully saturated rings. The van der Waals surface area contributed by atoms with Gasteiger partial charge in [0.25, 0.3) is 0 Å². The molecule has 0 radical (unpaired) electrons. The van der Waals surface area contributed by atoms with Crippen LogP contribution in [0.1, 0.15) is 11.6 Å². The topological polar surface area (TPSA) is 52.0 Å². The summed E-state index contributed by atoms with van der Waals surface area (Å²) in [6.45, 7) is 0.0976. The van der Waals surface area contributed by atoms with Gasteiger partial charge in [0.2, 0.25) is 0 Å². The third kappa shape index (κ3) is 1.78. The van der Waals surface area contributed by atoms with Crippen LogP contribution in [0.25, 0.3) is 0 Å². The van der Waals surface area contributed by atoms with E-state index in [-0.39, 0.29) is 12.1 Å². The molecule has 1 aromatic carbocycles. The highest BCUT2D eigenvalue weighted by Crippen LogP contribution is 2.15. The van der Waals surface area contributed by atoms with Gasteiger partial charge in [0.05, 0.1) is 0 Å². The summed E-state index contributed by atoms with van der Waals surface area (Å²) >= 11 is 0. The summed E-state index contributed by atoms with van der Waals surface area (Å²) in [6.07, 6.45) is 0. The molecule has 0 heterocycles. The van der Waals surface area contributed by atoms with Crippen LogP contribution in [-0.4, -0.2) is 6.54 Å². The van der Waals surface area contributed by atoms with Crippen molar-refractivity contribution in [1.82, 2.24) is 0 Å². The Morgan fingerprint density at radius 3 is 2.58 bits per heavy atom. The van der Waals surface area contributed by atoms with Gasteiger partial charge in [-0.05, 0) is 18.2 Å². The Bertz CT molecular complexity index is 276. The molecule has 12 heavy (non-hydrogen) atoms. The molecule has 0 saturated heterocycles. The van der Waals surface area contributed by atoms with Gasteiger partial charge in [-0.1, -0.05) is 0 Å². The van der Waals surface area contributed by atoms with Gasteiger partial charge in [-0.15, -0.1) is 0 Å². The van der Waals surface area contributed by atoms with Gasteiger partial charge in [0.1, 0.15) is 11.6 Å². The molecule has 0 unspecified atom stereocenters. The average molecular weight is 172 g/mol. The monoisotopic (exact) mass is 172 g/mol. The fourth-order valence-electron chi connectivity index (χ4n) is 0.926. The largest absolute Gasteiger partial charge is 0.329 e. The van der Waals surface area contributed by atoms with Crippen molar-refractivity contribution >= 4 is 0 Å². The fourth-order valence-corrected chi connectivity index (χ4v) is 0.926. The maximum absolute atomic E-state index is 12.9. The third-order valence-electron chi connectivity index (χ3n) is 1.61. The second-order valence-corrected chi connectivity index (χ2v) is 2.51. The molecular formula is C8H10F2N2. The van der Waals surface area contributed by atoms with E-state index in [0.717, 1.165) is 18.2 Å². The van der Waals surface area contributed by atoms with Gasteiger partial charge in [0, 0.05) is 18.2 Å². The van der Waals surface area contributed by atoms with Crippen LogP contribution in [0.3, 0.4) is 0 Å². The minimum atomic E-state index is -0.638. The Kier molecular flexibility index (Phi) is 2.73. The molecule has 0 bridgehead atoms. The molecule has 0 amide bonds. The number of hydrogen-bond donors (Lipinski definition) is 2. The molecule has 0 aliphatic carbocycles. The normalized spacial score (nSPS) is 13.0. The Balaban J connectivity index is 3.04. The number of halogens is 2. The van der Waals surface area contributed by atoms with E-state index in [2.05, 4.69) is 0 Å². The number of benzene rings is 1. The summed E-state index contributed by atoms with van der Waals surface area (Å²) in [7, 11) is 0. The van der Waals surface area contributed by atoms with E-state index in [1.54, 1.807) is 0 Å². The van der Waals surface area contributed by atoms with Crippen molar-refractivity contribution in [2.45, 2.75) is 6.04 Å². The Labute approximate surface area is 69.2 Å². The Hall–Kier alpha value is -1.00. The average Bonchev–Trinajstić information content (AvgIpc) is 2.08. The maximum atomic E-state index is 12.9. The Morgan fingerprint density at radius 2 is 2.00 bits per heavy atom. The minimum Gasteiger partial charge on any atom is -0.329 e. The van der Waals surface area contributed by atoms with E-state index < -0.39 is 17.7 Å². The molecule has 1 aromatic rings. The van der Waals surface area contributed by atoms with Crippen molar-refractivity contribution in [1.29, 1.82) is 0 Å². The molecule has 4 heteroatoms. The number of hydrogen-bond acceptors (Lipinski definition) is 2. The summed E-state index contributed by atoms with van der Waals surface area (Å²) < 4.78 is 25.5. The second-order valence-electron chi connectivity index (χ2n) is 2.51. The first-order chi connectivity index (χ1) is 5.65. The molecule has 2 nitrogen and oxygen atoms in total. The van der Waals surface area contributed by atoms with Crippen LogP contribution in [0.2, 0.25) is 0 Å². The lowest BCUT2D eigenvalue weighted by Crippen LogP contribution is -2.21. The molecule has 66 valence electrons. The quantitative estimate of drug-likeness (QED) is 0.697. The summed E-state index contributed by atoms with van der Waals surface area (Å²) in [6, 6.07) is 2.51. The van der Waals surface area contributed by atoms with E-state index in [9.17, 15) is 8.78 Å². The van der Waals surface area contributed by atoms with Gasteiger partial charge in [0.15, 0.2) is 0 Å². The second kappa shape index (κ2) is 3.60. The molecular weight excluding hydrogens is 162 g/mol. The van der Waals surface area contributed by atoms with E-state index >= 15 is 0 Å². The minimum absolute atomic E-state index is 0.0976. The standard InChI is InChI=1S/C8H10F2N2/c9-5-1-2-7(10)6(3-5)8(12)4-11/h1-3,8H,4,11-12H2/t8-/m0/s1. The molecule has 1 rings (SSSR count). The van der Waals surface area contributed by atoms with Crippen LogP contribution in [0.4, 0.5) is 8.78 Å². The van der Waals surface area contributed by atoms with Gasteiger partial charge in [-0.3, -0.25) is 0 Å². The Morgan fingerprint density at radius 1 is 1.33 bits per heavy atom. The van der Waals surface area contributed by atoms with Crippen LogP contribution in [0.5, 0.6) is 0 Å². The summed E-state index contributed by atoms with van der Waals surface area (Å²) in [5.74, 6) is -1.02. The van der Waals surface area contributed by atoms with Crippen LogP contribution < -0.4 is 11.5 Å². The summed E-state index contributed by atoms with van der Waals surface area (Å²) in [5, 5.41) is 0. The van der Waals surface area contributed by atoms with E-state index in [1.165, 1.54) is 0 Å². The maximum Gasteiger partial charge on any atom is 0.128 e. The lowest BCUT2D eigenvalue weighted by molar-refractivity contribution is 0.564. The molecule has 0 spiro atoms. The van der Waals surface area contributed by atoms with Crippen molar-refractivity contribution in [2.24, 2.45) is 11.5 Å². The van der Waals surface area contributed by atoms with Crippen molar-refractivity contribution < 1.29 is 8.78 Å². The lowest BCUT2D eigenvalue weighted by atomic mass is 10.1. The molecule has 0 aliphatic heterocycles. The number of rotatable bonds is 2. The fraction of sp³-hybridized carbons (Fsp3) is 0.250. The predicted octanol–water partition coefficient (Wildman–Crippen LogP) is 0.923. The summed E-state index contributed by atoms with van der Waals surface area (Å²) in [4.78, 5) is 0. The smallest absolute Gasteiger partial charge is 0.128 e. The molecule has 0 aromatic heterocycles. The van der Waals surface area contributed by atoms with Gasteiger partial charge < -0.3 is 11.5 Å². The highest BCUT2D eigenvalue weighted by molar-refractivity contribution is 5.22. The molecule has 0 aliphatic rings. The molecule has 1 atom stereocenters. The third-order valence-corrected chi connectivity index (χ3v) is 1.61. The van der Waals surface area contributed by atoms with Gasteiger partial charge in [-0.25, -0.2) is 8.78 Å². The van der Waals surface area contributed by atoms with E-state index in [4.69, 9.17) is 11.5 Å². The predicted molar refractivity (Wildman–Crippen MR) is 42.3 cm³/mol. The SMILES string of the molecule is NC[C@H](N)c1cc(F)ccc1F. The van der Waals surface area contributed by atoms with Crippen molar-refractivity contribution in [2.75, 3.05) is 6.54 Å². The zero-order valence-electron chi connectivity index (χ0n) is 6.43. The highest BCUT2D eigenvalue weighted by Gasteiger charge is 2.09. The molecule has 0 saturated carbocycles. The van der Waals surface area contributed by atoms with Crippen LogP contribution >= 0.6 is 0 Å². The lowest BCUT2D eigenvalue weighted by Gasteiger charge is -2.09. The van der Waals surface area contributed by atoms with Gasteiger partial charge in [-0.2, -0.15) is 0 Å². The summed E-state index contributed by atoms with van der Waals surface area (Å²) in [5.41, 5.74) is 10.8. The van der Waals surface area contributed by atoms with Crippen LogP contribution in [-0.2, 0) is 0 Å². The van der Waals surface area contributed by atoms with Gasteiger partial charge >= 0.3 is 0 Å². The van der Waals surface area contributed by atoms with Crippen molar-refractivity contribution in [3.8, 4) is 0 Å². The van der Waals surface area contributed by atoms with Crippen LogP contribution in [0, 0.1) is 11.6 Å². The van der Waals surface area contributed by atoms with E-state index in [0.29, 0.717) is 0 Å². The first-order valence-electron chi connectivity index (χ1n) is 3.55. The highest BCUT2D eigenvalue weighted by atomic mass is 19.1. The first-order valence-corrected chi connectivity index (χ1v) is 3.55. The first kappa shape index (κ1) is 9.09. The molecule has 4 N–H and O–H groups in total. The van der Waals surface area contributed by atoms with Crippen molar-refractivity contribution in [3.63, 3.8) is 0 Å². The zero-order chi connectivity index (χ0) is 9.14. The van der Waals surface area contributed by atoms with Crippen LogP contribution in [0.15, 0.2) is 18.2 Å². The zero-order valence-corrected chi connectivity index (χ0v) is 6.43.